The number of aromatic nitrogens is 3. The van der Waals surface area contributed by atoms with Crippen LogP contribution in [-0.2, 0) is 20.0 Å². The Bertz CT molecular complexity index is 639. The molecule has 23 heavy (non-hydrogen) atoms. The van der Waals surface area contributed by atoms with Gasteiger partial charge in [-0.25, -0.2) is 4.99 Å². The van der Waals surface area contributed by atoms with Crippen molar-refractivity contribution in [3.05, 3.63) is 47.0 Å². The first-order valence-electron chi connectivity index (χ1n) is 8.00. The normalized spacial score (nSPS) is 11.6. The number of aryl methyl sites for hydroxylation is 3. The molecule has 0 fully saturated rings. The summed E-state index contributed by atoms with van der Waals surface area (Å²) in [4.78, 5) is 4.55. The number of aliphatic imine (C=N–C) groups is 1. The molecule has 0 unspecified atom stereocenters. The Kier molecular flexibility index (Phi) is 6.14. The lowest BCUT2D eigenvalue weighted by atomic mass is 10.1. The van der Waals surface area contributed by atoms with Crippen molar-refractivity contribution in [2.24, 2.45) is 12.0 Å². The maximum absolute atomic E-state index is 4.55. The predicted molar refractivity (Wildman–Crippen MR) is 93.4 cm³/mol. The maximum Gasteiger partial charge on any atom is 0.191 e. The SMILES string of the molecule is CCNC(=NCc1nncn1C)NCCc1cc(C)cc(C)c1. The Labute approximate surface area is 138 Å². The van der Waals surface area contributed by atoms with Gasteiger partial charge in [0.05, 0.1) is 0 Å². The molecule has 1 aromatic heterocycles. The molecule has 6 nitrogen and oxygen atoms in total. The van der Waals surface area contributed by atoms with Gasteiger partial charge in [0, 0.05) is 20.1 Å². The molecule has 0 spiro atoms. The highest BCUT2D eigenvalue weighted by Crippen LogP contribution is 2.08. The number of guanidine groups is 1. The number of nitrogens with one attached hydrogen (secondary N) is 2. The zero-order chi connectivity index (χ0) is 16.7. The summed E-state index contributed by atoms with van der Waals surface area (Å²) in [7, 11) is 1.92. The van der Waals surface area contributed by atoms with Crippen molar-refractivity contribution in [3.8, 4) is 0 Å². The van der Waals surface area contributed by atoms with Crippen molar-refractivity contribution in [3.63, 3.8) is 0 Å². The minimum atomic E-state index is 0.509. The Morgan fingerprint density at radius 3 is 2.52 bits per heavy atom. The largest absolute Gasteiger partial charge is 0.357 e. The van der Waals surface area contributed by atoms with E-state index in [0.29, 0.717) is 6.54 Å². The second-order valence-electron chi connectivity index (χ2n) is 5.73. The third-order valence-corrected chi connectivity index (χ3v) is 3.52. The molecule has 1 aromatic carbocycles. The lowest BCUT2D eigenvalue weighted by Gasteiger charge is -2.11. The third kappa shape index (κ3) is 5.39. The summed E-state index contributed by atoms with van der Waals surface area (Å²) >= 11 is 0. The summed E-state index contributed by atoms with van der Waals surface area (Å²) in [6, 6.07) is 6.67. The van der Waals surface area contributed by atoms with Gasteiger partial charge in [-0.15, -0.1) is 10.2 Å². The molecule has 0 aliphatic carbocycles. The van der Waals surface area contributed by atoms with E-state index >= 15 is 0 Å². The smallest absolute Gasteiger partial charge is 0.191 e. The summed E-state index contributed by atoms with van der Waals surface area (Å²) in [6.45, 7) is 8.51. The van der Waals surface area contributed by atoms with Gasteiger partial charge in [0.2, 0.25) is 0 Å². The first-order chi connectivity index (χ1) is 11.1. The Balaban J connectivity index is 1.90. The standard InChI is InChI=1S/C17H26N6/c1-5-18-17(20-11-16-22-21-12-23(16)4)19-7-6-15-9-13(2)8-14(3)10-15/h8-10,12H,5-7,11H2,1-4H3,(H2,18,19,20). The molecular weight excluding hydrogens is 288 g/mol. The topological polar surface area (TPSA) is 67.1 Å². The predicted octanol–water partition coefficient (Wildman–Crippen LogP) is 1.73. The minimum absolute atomic E-state index is 0.509. The van der Waals surface area contributed by atoms with E-state index in [0.717, 1.165) is 31.3 Å². The van der Waals surface area contributed by atoms with Gasteiger partial charge in [0.15, 0.2) is 11.8 Å². The van der Waals surface area contributed by atoms with Crippen molar-refractivity contribution in [2.75, 3.05) is 13.1 Å². The summed E-state index contributed by atoms with van der Waals surface area (Å²) in [5.74, 6) is 1.65. The van der Waals surface area contributed by atoms with Gasteiger partial charge in [0.25, 0.3) is 0 Å². The van der Waals surface area contributed by atoms with Gasteiger partial charge in [-0.2, -0.15) is 0 Å². The fourth-order valence-electron chi connectivity index (χ4n) is 2.48. The zero-order valence-corrected chi connectivity index (χ0v) is 14.4. The first kappa shape index (κ1) is 17.0. The molecule has 0 atom stereocenters. The fourth-order valence-corrected chi connectivity index (χ4v) is 2.48. The van der Waals surface area contributed by atoms with Crippen LogP contribution in [0.3, 0.4) is 0 Å². The average Bonchev–Trinajstić information content (AvgIpc) is 2.89. The van der Waals surface area contributed by atoms with Crippen LogP contribution < -0.4 is 10.6 Å². The lowest BCUT2D eigenvalue weighted by Crippen LogP contribution is -2.38. The van der Waals surface area contributed by atoms with Gasteiger partial charge in [-0.3, -0.25) is 0 Å². The van der Waals surface area contributed by atoms with Crippen molar-refractivity contribution >= 4 is 5.96 Å². The van der Waals surface area contributed by atoms with Crippen LogP contribution in [0.2, 0.25) is 0 Å². The van der Waals surface area contributed by atoms with E-state index in [1.54, 1.807) is 6.33 Å². The molecule has 6 heteroatoms. The van der Waals surface area contributed by atoms with E-state index in [1.165, 1.54) is 16.7 Å². The second-order valence-corrected chi connectivity index (χ2v) is 5.73. The molecule has 0 bridgehead atoms. The highest BCUT2D eigenvalue weighted by molar-refractivity contribution is 5.79. The van der Waals surface area contributed by atoms with Crippen LogP contribution in [0.4, 0.5) is 0 Å². The highest BCUT2D eigenvalue weighted by Gasteiger charge is 2.02. The van der Waals surface area contributed by atoms with E-state index < -0.39 is 0 Å². The molecule has 2 rings (SSSR count). The van der Waals surface area contributed by atoms with Crippen molar-refractivity contribution in [2.45, 2.75) is 33.7 Å². The lowest BCUT2D eigenvalue weighted by molar-refractivity contribution is 0.763. The van der Waals surface area contributed by atoms with Crippen LogP contribution in [0.1, 0.15) is 29.4 Å². The van der Waals surface area contributed by atoms with Crippen LogP contribution >= 0.6 is 0 Å². The molecule has 0 amide bonds. The molecule has 124 valence electrons. The molecule has 1 heterocycles. The van der Waals surface area contributed by atoms with Gasteiger partial charge in [-0.1, -0.05) is 29.3 Å². The first-order valence-corrected chi connectivity index (χ1v) is 8.00. The van der Waals surface area contributed by atoms with E-state index in [1.807, 2.05) is 11.6 Å². The van der Waals surface area contributed by atoms with Crippen molar-refractivity contribution in [1.29, 1.82) is 0 Å². The van der Waals surface area contributed by atoms with Gasteiger partial charge >= 0.3 is 0 Å². The van der Waals surface area contributed by atoms with E-state index in [9.17, 15) is 0 Å². The number of benzene rings is 1. The number of hydrogen-bond donors (Lipinski definition) is 2. The van der Waals surface area contributed by atoms with Crippen LogP contribution in [-0.4, -0.2) is 33.8 Å². The molecule has 0 saturated heterocycles. The van der Waals surface area contributed by atoms with E-state index in [2.05, 4.69) is 64.8 Å². The summed E-state index contributed by atoms with van der Waals surface area (Å²) in [5.41, 5.74) is 3.96. The Hall–Kier alpha value is -2.37. The maximum atomic E-state index is 4.55. The van der Waals surface area contributed by atoms with Crippen molar-refractivity contribution < 1.29 is 0 Å². The van der Waals surface area contributed by atoms with E-state index in [4.69, 9.17) is 0 Å². The number of nitrogens with zero attached hydrogens (tertiary/aromatic N) is 4. The summed E-state index contributed by atoms with van der Waals surface area (Å²) in [6.07, 6.45) is 2.65. The second kappa shape index (κ2) is 8.31. The number of rotatable bonds is 6. The third-order valence-electron chi connectivity index (χ3n) is 3.52. The average molecular weight is 314 g/mol. The zero-order valence-electron chi connectivity index (χ0n) is 14.4. The fraction of sp³-hybridized carbons (Fsp3) is 0.471. The molecule has 2 aromatic rings. The van der Waals surface area contributed by atoms with Gasteiger partial charge in [0.1, 0.15) is 12.9 Å². The van der Waals surface area contributed by atoms with Gasteiger partial charge in [-0.05, 0) is 32.8 Å². The molecular formula is C17H26N6. The molecule has 0 aliphatic rings. The highest BCUT2D eigenvalue weighted by atomic mass is 15.3. The summed E-state index contributed by atoms with van der Waals surface area (Å²) in [5, 5.41) is 14.5. The van der Waals surface area contributed by atoms with E-state index in [-0.39, 0.29) is 0 Å². The number of hydrogen-bond acceptors (Lipinski definition) is 3. The Morgan fingerprint density at radius 2 is 1.91 bits per heavy atom. The molecule has 0 radical (unpaired) electrons. The molecule has 0 saturated carbocycles. The molecule has 2 N–H and O–H groups in total. The monoisotopic (exact) mass is 314 g/mol. The van der Waals surface area contributed by atoms with Crippen LogP contribution in [0, 0.1) is 13.8 Å². The summed E-state index contributed by atoms with van der Waals surface area (Å²) < 4.78 is 1.88. The molecule has 0 aliphatic heterocycles. The Morgan fingerprint density at radius 1 is 1.17 bits per heavy atom. The minimum Gasteiger partial charge on any atom is -0.357 e. The van der Waals surface area contributed by atoms with Gasteiger partial charge < -0.3 is 15.2 Å². The van der Waals surface area contributed by atoms with Crippen LogP contribution in [0.25, 0.3) is 0 Å². The van der Waals surface area contributed by atoms with Crippen LogP contribution in [0.15, 0.2) is 29.5 Å². The quantitative estimate of drug-likeness (QED) is 0.629. The van der Waals surface area contributed by atoms with Crippen LogP contribution in [0.5, 0.6) is 0 Å². The van der Waals surface area contributed by atoms with Crippen molar-refractivity contribution in [1.82, 2.24) is 25.4 Å².